The van der Waals surface area contributed by atoms with Crippen LogP contribution >= 0.6 is 15.9 Å². The van der Waals surface area contributed by atoms with Crippen LogP contribution in [-0.4, -0.2) is 24.1 Å². The van der Waals surface area contributed by atoms with E-state index >= 15 is 0 Å². The molecule has 1 aromatic carbocycles. The molecule has 2 aliphatic carbocycles. The zero-order chi connectivity index (χ0) is 19.8. The molecule has 1 aliphatic heterocycles. The van der Waals surface area contributed by atoms with Crippen molar-refractivity contribution in [3.8, 4) is 5.75 Å². The van der Waals surface area contributed by atoms with Crippen molar-refractivity contribution in [1.82, 2.24) is 0 Å². The minimum absolute atomic E-state index is 0.0429. The second-order valence-corrected chi connectivity index (χ2v) is 8.06. The van der Waals surface area contributed by atoms with Crippen molar-refractivity contribution in [2.75, 3.05) is 6.61 Å². The first-order chi connectivity index (χ1) is 13.5. The van der Waals surface area contributed by atoms with E-state index < -0.39 is 11.8 Å². The minimum Gasteiger partial charge on any atom is -0.483 e. The number of carbonyl (C=O) groups is 3. The van der Waals surface area contributed by atoms with Crippen LogP contribution in [0, 0.1) is 0 Å². The van der Waals surface area contributed by atoms with Gasteiger partial charge in [-0.1, -0.05) is 6.07 Å². The van der Waals surface area contributed by atoms with Gasteiger partial charge in [-0.15, -0.1) is 0 Å². The average Bonchev–Trinajstić information content (AvgIpc) is 2.66. The molecule has 28 heavy (non-hydrogen) atoms. The summed E-state index contributed by atoms with van der Waals surface area (Å²) in [7, 11) is 0. The Kier molecular flexibility index (Phi) is 5.10. The van der Waals surface area contributed by atoms with E-state index in [1.807, 2.05) is 12.1 Å². The van der Waals surface area contributed by atoms with Crippen molar-refractivity contribution >= 4 is 33.4 Å². The van der Waals surface area contributed by atoms with Crippen molar-refractivity contribution < 1.29 is 23.9 Å². The molecule has 3 aliphatic rings. The molecule has 0 radical (unpaired) electrons. The molecule has 1 heterocycles. The highest BCUT2D eigenvalue weighted by Gasteiger charge is 2.41. The number of ether oxygens (including phenoxy) is 2. The van der Waals surface area contributed by atoms with E-state index in [2.05, 4.69) is 15.9 Å². The fourth-order valence-electron chi connectivity index (χ4n) is 4.11. The van der Waals surface area contributed by atoms with Crippen molar-refractivity contribution in [1.29, 1.82) is 0 Å². The van der Waals surface area contributed by atoms with Gasteiger partial charge in [0.1, 0.15) is 17.3 Å². The monoisotopic (exact) mass is 445 g/mol. The number of benzene rings is 1. The summed E-state index contributed by atoms with van der Waals surface area (Å²) in [4.78, 5) is 36.5. The summed E-state index contributed by atoms with van der Waals surface area (Å²) < 4.78 is 12.1. The van der Waals surface area contributed by atoms with Gasteiger partial charge in [0.2, 0.25) is 0 Å². The highest BCUT2D eigenvalue weighted by atomic mass is 79.9. The molecule has 0 bridgehead atoms. The Hall–Kier alpha value is -2.41. The van der Waals surface area contributed by atoms with Gasteiger partial charge < -0.3 is 15.2 Å². The van der Waals surface area contributed by atoms with Crippen molar-refractivity contribution in [2.45, 2.75) is 44.4 Å². The number of amides is 1. The molecular formula is C21H20BrNO5. The number of nitrogens with two attached hydrogens (primary N) is 1. The predicted molar refractivity (Wildman–Crippen MR) is 104 cm³/mol. The molecule has 0 saturated heterocycles. The molecular weight excluding hydrogens is 426 g/mol. The van der Waals surface area contributed by atoms with E-state index in [9.17, 15) is 14.4 Å². The Balaban J connectivity index is 1.78. The average molecular weight is 446 g/mol. The number of carbonyl (C=O) groups excluding carboxylic acids is 3. The second-order valence-electron chi connectivity index (χ2n) is 7.21. The van der Waals surface area contributed by atoms with Gasteiger partial charge in [0.15, 0.2) is 18.2 Å². The van der Waals surface area contributed by atoms with Crippen molar-refractivity contribution in [2.24, 2.45) is 5.73 Å². The highest BCUT2D eigenvalue weighted by Crippen LogP contribution is 2.48. The molecule has 0 atom stereocenters. The predicted octanol–water partition coefficient (Wildman–Crippen LogP) is 3.44. The number of Topliss-reactive ketones (excluding diaryl/α,β-unsaturated/α-hetero) is 2. The standard InChI is InChI=1S/C21H20BrNO5/c22-12-9-11(7-8-15(12)27-10-18(23)26)19-20-13(24)3-1-5-16(20)28-17-6-2-4-14(25)21(17)19/h7-9,19H,1-6,10H2,(H2,23,26). The zero-order valence-electron chi connectivity index (χ0n) is 15.3. The number of hydrogen-bond donors (Lipinski definition) is 1. The number of primary amides is 1. The number of ketones is 2. The maximum Gasteiger partial charge on any atom is 0.255 e. The summed E-state index contributed by atoms with van der Waals surface area (Å²) in [5.41, 5.74) is 7.18. The fourth-order valence-corrected chi connectivity index (χ4v) is 4.62. The van der Waals surface area contributed by atoms with Crippen LogP contribution in [0.5, 0.6) is 5.75 Å². The SMILES string of the molecule is NC(=O)COc1ccc(C2C3=C(CCCC3=O)OC3=C2C(=O)CCC3)cc1Br. The van der Waals surface area contributed by atoms with Crippen LogP contribution in [0.4, 0.5) is 0 Å². The number of rotatable bonds is 4. The normalized spacial score (nSPS) is 19.9. The van der Waals surface area contributed by atoms with Gasteiger partial charge in [-0.25, -0.2) is 0 Å². The lowest BCUT2D eigenvalue weighted by molar-refractivity contribution is -0.120. The molecule has 146 valence electrons. The Morgan fingerprint density at radius 2 is 1.68 bits per heavy atom. The van der Waals surface area contributed by atoms with Crippen LogP contribution in [0.15, 0.2) is 45.3 Å². The molecule has 0 unspecified atom stereocenters. The first-order valence-corrected chi connectivity index (χ1v) is 10.2. The quantitative estimate of drug-likeness (QED) is 0.765. The largest absolute Gasteiger partial charge is 0.483 e. The van der Waals surface area contributed by atoms with Crippen LogP contribution in [0.25, 0.3) is 0 Å². The molecule has 4 rings (SSSR count). The topological polar surface area (TPSA) is 95.7 Å². The smallest absolute Gasteiger partial charge is 0.255 e. The molecule has 6 nitrogen and oxygen atoms in total. The van der Waals surface area contributed by atoms with Crippen molar-refractivity contribution in [3.63, 3.8) is 0 Å². The van der Waals surface area contributed by atoms with Gasteiger partial charge in [-0.3, -0.25) is 14.4 Å². The lowest BCUT2D eigenvalue weighted by atomic mass is 9.73. The zero-order valence-corrected chi connectivity index (χ0v) is 16.8. The summed E-state index contributed by atoms with van der Waals surface area (Å²) in [5, 5.41) is 0. The molecule has 0 fully saturated rings. The lowest BCUT2D eigenvalue weighted by Gasteiger charge is -2.36. The summed E-state index contributed by atoms with van der Waals surface area (Å²) >= 11 is 3.46. The van der Waals surface area contributed by atoms with Crippen molar-refractivity contribution in [3.05, 3.63) is 50.9 Å². The van der Waals surface area contributed by atoms with Crippen LogP contribution in [-0.2, 0) is 19.1 Å². The Labute approximate surface area is 170 Å². The highest BCUT2D eigenvalue weighted by molar-refractivity contribution is 9.10. The molecule has 1 aromatic rings. The van der Waals surface area contributed by atoms with Gasteiger partial charge in [-0.2, -0.15) is 0 Å². The third-order valence-corrected chi connectivity index (χ3v) is 5.92. The molecule has 7 heteroatoms. The first kappa shape index (κ1) is 18.9. The summed E-state index contributed by atoms with van der Waals surface area (Å²) in [6.45, 7) is -0.225. The van der Waals surface area contributed by atoms with E-state index in [0.29, 0.717) is 58.6 Å². The van der Waals surface area contributed by atoms with Gasteiger partial charge in [0, 0.05) is 42.7 Å². The Morgan fingerprint density at radius 3 is 2.21 bits per heavy atom. The summed E-state index contributed by atoms with van der Waals surface area (Å²) in [5.74, 6) is 0.997. The molecule has 0 saturated carbocycles. The summed E-state index contributed by atoms with van der Waals surface area (Å²) in [6.07, 6.45) is 3.90. The minimum atomic E-state index is -0.564. The van der Waals surface area contributed by atoms with Crippen LogP contribution in [0.1, 0.15) is 50.0 Å². The molecule has 2 N–H and O–H groups in total. The van der Waals surface area contributed by atoms with Crippen LogP contribution < -0.4 is 10.5 Å². The Morgan fingerprint density at radius 1 is 1.07 bits per heavy atom. The molecule has 0 aromatic heterocycles. The second kappa shape index (κ2) is 7.54. The van der Waals surface area contributed by atoms with Gasteiger partial charge in [0.25, 0.3) is 5.91 Å². The van der Waals surface area contributed by atoms with Crippen LogP contribution in [0.3, 0.4) is 0 Å². The van der Waals surface area contributed by atoms with Gasteiger partial charge in [0.05, 0.1) is 4.47 Å². The van der Waals surface area contributed by atoms with E-state index in [4.69, 9.17) is 15.2 Å². The van der Waals surface area contributed by atoms with Gasteiger partial charge >= 0.3 is 0 Å². The van der Waals surface area contributed by atoms with Gasteiger partial charge in [-0.05, 0) is 46.5 Å². The van der Waals surface area contributed by atoms with E-state index in [-0.39, 0.29) is 18.2 Å². The Bertz CT molecular complexity index is 904. The third kappa shape index (κ3) is 3.39. The fraction of sp³-hybridized carbons (Fsp3) is 0.381. The molecule has 1 amide bonds. The third-order valence-electron chi connectivity index (χ3n) is 5.30. The maximum atomic E-state index is 12.8. The first-order valence-electron chi connectivity index (χ1n) is 9.36. The lowest BCUT2D eigenvalue weighted by Crippen LogP contribution is -2.30. The molecule has 0 spiro atoms. The van der Waals surface area contributed by atoms with E-state index in [0.717, 1.165) is 18.4 Å². The number of halogens is 1. The maximum absolute atomic E-state index is 12.8. The number of allylic oxidation sites excluding steroid dienone is 4. The number of hydrogen-bond acceptors (Lipinski definition) is 5. The van der Waals surface area contributed by atoms with E-state index in [1.54, 1.807) is 6.07 Å². The summed E-state index contributed by atoms with van der Waals surface area (Å²) in [6, 6.07) is 5.39. The van der Waals surface area contributed by atoms with E-state index in [1.165, 1.54) is 0 Å². The van der Waals surface area contributed by atoms with Crippen LogP contribution in [0.2, 0.25) is 0 Å².